The first kappa shape index (κ1) is 16.6. The normalized spacial score (nSPS) is 16.8. The van der Waals surface area contributed by atoms with Gasteiger partial charge in [-0.25, -0.2) is 9.78 Å². The summed E-state index contributed by atoms with van der Waals surface area (Å²) in [6.07, 6.45) is 6.84. The van der Waals surface area contributed by atoms with Crippen molar-refractivity contribution in [2.45, 2.75) is 51.6 Å². The van der Waals surface area contributed by atoms with E-state index in [2.05, 4.69) is 47.7 Å². The first-order valence-electron chi connectivity index (χ1n) is 8.67. The molecule has 5 nitrogen and oxygen atoms in total. The molecule has 1 aliphatic rings. The number of hydrogen-bond acceptors (Lipinski definition) is 2. The molecule has 0 radical (unpaired) electrons. The van der Waals surface area contributed by atoms with Crippen LogP contribution in [-0.4, -0.2) is 15.6 Å². The smallest absolute Gasteiger partial charge is 0.315 e. The van der Waals surface area contributed by atoms with Crippen LogP contribution in [0.4, 0.5) is 4.79 Å². The average molecular weight is 326 g/mol. The minimum atomic E-state index is -0.131. The average Bonchev–Trinajstić information content (AvgIpc) is 2.98. The van der Waals surface area contributed by atoms with Crippen molar-refractivity contribution in [2.24, 2.45) is 7.05 Å². The number of carbonyl (C=O) groups is 1. The topological polar surface area (TPSA) is 59.0 Å². The quantitative estimate of drug-likeness (QED) is 0.904. The monoisotopic (exact) mass is 326 g/mol. The van der Waals surface area contributed by atoms with Gasteiger partial charge in [0.1, 0.15) is 0 Å². The summed E-state index contributed by atoms with van der Waals surface area (Å²) in [5.74, 6) is 0.496. The third-order valence-corrected chi connectivity index (χ3v) is 4.64. The van der Waals surface area contributed by atoms with Crippen molar-refractivity contribution in [2.75, 3.05) is 0 Å². The Bertz CT molecular complexity index is 720. The van der Waals surface area contributed by atoms with Crippen molar-refractivity contribution in [3.63, 3.8) is 0 Å². The van der Waals surface area contributed by atoms with Crippen LogP contribution in [0.1, 0.15) is 61.0 Å². The predicted molar refractivity (Wildman–Crippen MR) is 94.8 cm³/mol. The van der Waals surface area contributed by atoms with Gasteiger partial charge in [0, 0.05) is 13.2 Å². The summed E-state index contributed by atoms with van der Waals surface area (Å²) in [5.41, 5.74) is 4.83. The molecule has 1 aliphatic carbocycles. The molecule has 0 spiro atoms. The lowest BCUT2D eigenvalue weighted by Gasteiger charge is -2.27. The zero-order chi connectivity index (χ0) is 17.1. The molecule has 0 saturated carbocycles. The fraction of sp³-hybridized carbons (Fsp3) is 0.474. The number of amides is 2. The first-order valence-corrected chi connectivity index (χ1v) is 8.67. The van der Waals surface area contributed by atoms with Gasteiger partial charge in [-0.1, -0.05) is 32.0 Å². The van der Waals surface area contributed by atoms with Crippen molar-refractivity contribution in [3.05, 3.63) is 53.1 Å². The Labute approximate surface area is 143 Å². The zero-order valence-corrected chi connectivity index (χ0v) is 14.7. The van der Waals surface area contributed by atoms with Gasteiger partial charge in [-0.05, 0) is 41.9 Å². The second-order valence-corrected chi connectivity index (χ2v) is 6.92. The molecule has 1 atom stereocenters. The molecule has 2 aromatic rings. The van der Waals surface area contributed by atoms with Gasteiger partial charge in [0.15, 0.2) is 0 Å². The van der Waals surface area contributed by atoms with Gasteiger partial charge in [-0.3, -0.25) is 0 Å². The second kappa shape index (κ2) is 7.07. The molecule has 24 heavy (non-hydrogen) atoms. The number of rotatable bonds is 4. The minimum absolute atomic E-state index is 0.0937. The largest absolute Gasteiger partial charge is 0.340 e. The Morgan fingerprint density at radius 1 is 1.42 bits per heavy atom. The Hall–Kier alpha value is -2.30. The molecule has 1 aromatic carbocycles. The molecule has 2 N–H and O–H groups in total. The highest BCUT2D eigenvalue weighted by Gasteiger charge is 2.22. The molecule has 1 aromatic heterocycles. The standard InChI is InChI=1S/C19H26N4O/c1-13(2)15-8-7-14-5-4-6-18(17(14)9-15)22-19(24)20-10-16-11-23(3)12-21-16/h7-9,11-13,18H,4-6,10H2,1-3H3,(H2,20,22,24)/t18-/m0/s1. The lowest BCUT2D eigenvalue weighted by molar-refractivity contribution is 0.235. The lowest BCUT2D eigenvalue weighted by atomic mass is 9.85. The number of nitrogens with zero attached hydrogens (tertiary/aromatic N) is 2. The lowest BCUT2D eigenvalue weighted by Crippen LogP contribution is -2.38. The van der Waals surface area contributed by atoms with E-state index in [0.29, 0.717) is 12.5 Å². The fourth-order valence-corrected chi connectivity index (χ4v) is 3.26. The van der Waals surface area contributed by atoms with Crippen molar-refractivity contribution in [1.29, 1.82) is 0 Å². The van der Waals surface area contributed by atoms with E-state index in [9.17, 15) is 4.79 Å². The molecule has 1 heterocycles. The summed E-state index contributed by atoms with van der Waals surface area (Å²) in [7, 11) is 1.92. The van der Waals surface area contributed by atoms with E-state index < -0.39 is 0 Å². The van der Waals surface area contributed by atoms with E-state index in [4.69, 9.17) is 0 Å². The highest BCUT2D eigenvalue weighted by molar-refractivity contribution is 5.74. The SMILES string of the molecule is CC(C)c1ccc2c(c1)[C@@H](NC(=O)NCc1cn(C)cn1)CCC2. The van der Waals surface area contributed by atoms with E-state index in [-0.39, 0.29) is 12.1 Å². The van der Waals surface area contributed by atoms with Crippen LogP contribution in [-0.2, 0) is 20.0 Å². The van der Waals surface area contributed by atoms with Gasteiger partial charge in [0.25, 0.3) is 0 Å². The molecule has 128 valence electrons. The van der Waals surface area contributed by atoms with E-state index in [0.717, 1.165) is 25.0 Å². The van der Waals surface area contributed by atoms with Crippen LogP contribution in [0.25, 0.3) is 0 Å². The highest BCUT2D eigenvalue weighted by atomic mass is 16.2. The van der Waals surface area contributed by atoms with Gasteiger partial charge in [0.05, 0.1) is 24.6 Å². The molecular formula is C19H26N4O. The summed E-state index contributed by atoms with van der Waals surface area (Å²) in [6, 6.07) is 6.67. The third-order valence-electron chi connectivity index (χ3n) is 4.64. The molecule has 5 heteroatoms. The fourth-order valence-electron chi connectivity index (χ4n) is 3.26. The van der Waals surface area contributed by atoms with Crippen molar-refractivity contribution >= 4 is 6.03 Å². The summed E-state index contributed by atoms with van der Waals surface area (Å²) in [4.78, 5) is 16.5. The van der Waals surface area contributed by atoms with Crippen LogP contribution in [0.15, 0.2) is 30.7 Å². The highest BCUT2D eigenvalue weighted by Crippen LogP contribution is 2.32. The number of carbonyl (C=O) groups excluding carboxylic acids is 1. The molecule has 2 amide bonds. The van der Waals surface area contributed by atoms with Crippen LogP contribution < -0.4 is 10.6 Å². The van der Waals surface area contributed by atoms with Gasteiger partial charge in [0.2, 0.25) is 0 Å². The Kier molecular flexibility index (Phi) is 4.88. The number of hydrogen-bond donors (Lipinski definition) is 2. The van der Waals surface area contributed by atoms with Gasteiger partial charge < -0.3 is 15.2 Å². The zero-order valence-electron chi connectivity index (χ0n) is 14.7. The second-order valence-electron chi connectivity index (χ2n) is 6.92. The van der Waals surface area contributed by atoms with Crippen molar-refractivity contribution in [3.8, 4) is 0 Å². The molecular weight excluding hydrogens is 300 g/mol. The molecule has 3 rings (SSSR count). The number of benzene rings is 1. The number of imidazole rings is 1. The van der Waals surface area contributed by atoms with Crippen LogP contribution in [0.2, 0.25) is 0 Å². The molecule has 0 fully saturated rings. The van der Waals surface area contributed by atoms with Crippen LogP contribution >= 0.6 is 0 Å². The maximum Gasteiger partial charge on any atom is 0.315 e. The van der Waals surface area contributed by atoms with E-state index in [1.807, 2.05) is 17.8 Å². The van der Waals surface area contributed by atoms with Crippen LogP contribution in [0.5, 0.6) is 0 Å². The van der Waals surface area contributed by atoms with E-state index >= 15 is 0 Å². The van der Waals surface area contributed by atoms with Gasteiger partial charge in [-0.2, -0.15) is 0 Å². The molecule has 0 saturated heterocycles. The number of aryl methyl sites for hydroxylation is 2. The number of aromatic nitrogens is 2. The van der Waals surface area contributed by atoms with Gasteiger partial charge in [-0.15, -0.1) is 0 Å². The molecule has 0 unspecified atom stereocenters. The maximum absolute atomic E-state index is 12.3. The van der Waals surface area contributed by atoms with E-state index in [1.165, 1.54) is 16.7 Å². The molecule has 0 aliphatic heterocycles. The van der Waals surface area contributed by atoms with Crippen molar-refractivity contribution < 1.29 is 4.79 Å². The number of urea groups is 1. The number of fused-ring (bicyclic) bond motifs is 1. The van der Waals surface area contributed by atoms with E-state index in [1.54, 1.807) is 6.33 Å². The Morgan fingerprint density at radius 2 is 2.25 bits per heavy atom. The summed E-state index contributed by atoms with van der Waals surface area (Å²) in [5, 5.41) is 6.04. The summed E-state index contributed by atoms with van der Waals surface area (Å²) >= 11 is 0. The van der Waals surface area contributed by atoms with Crippen molar-refractivity contribution in [1.82, 2.24) is 20.2 Å². The predicted octanol–water partition coefficient (Wildman–Crippen LogP) is 3.42. The maximum atomic E-state index is 12.3. The number of nitrogens with one attached hydrogen (secondary N) is 2. The summed E-state index contributed by atoms with van der Waals surface area (Å²) < 4.78 is 1.87. The molecule has 0 bridgehead atoms. The van der Waals surface area contributed by atoms with Gasteiger partial charge >= 0.3 is 6.03 Å². The van der Waals surface area contributed by atoms with Crippen LogP contribution in [0.3, 0.4) is 0 Å². The third kappa shape index (κ3) is 3.78. The summed E-state index contributed by atoms with van der Waals surface area (Å²) in [6.45, 7) is 4.84. The minimum Gasteiger partial charge on any atom is -0.340 e. The first-order chi connectivity index (χ1) is 11.5. The van der Waals surface area contributed by atoms with Crippen LogP contribution in [0, 0.1) is 0 Å². The Balaban J connectivity index is 1.65. The Morgan fingerprint density at radius 3 is 2.96 bits per heavy atom.